The van der Waals surface area contributed by atoms with Gasteiger partial charge in [0, 0.05) is 128 Å². The maximum absolute atomic E-state index is 12.4. The lowest BCUT2D eigenvalue weighted by Gasteiger charge is -2.15. The average Bonchev–Trinajstić information content (AvgIpc) is 0.846. The lowest BCUT2D eigenvalue weighted by molar-refractivity contribution is -0.405. The van der Waals surface area contributed by atoms with Crippen molar-refractivity contribution in [1.82, 2.24) is 26.6 Å². The van der Waals surface area contributed by atoms with Gasteiger partial charge in [0.1, 0.15) is 11.4 Å². The Balaban J connectivity index is 0. The number of amides is 4. The minimum absolute atomic E-state index is 0. The molecule has 0 saturated carbocycles. The quantitative estimate of drug-likeness (QED) is 0.00655. The third-order valence-electron chi connectivity index (χ3n) is 14.8. The van der Waals surface area contributed by atoms with Gasteiger partial charge in [0.2, 0.25) is 18.1 Å². The molecule has 0 spiro atoms. The number of hydrogen-bond donors (Lipinski definition) is 12. The molecule has 0 radical (unpaired) electrons. The van der Waals surface area contributed by atoms with Crippen molar-refractivity contribution in [1.29, 1.82) is 0 Å². The number of rotatable bonds is 63. The zero-order valence-electron chi connectivity index (χ0n) is 61.6. The molecule has 0 aliphatic heterocycles. The summed E-state index contributed by atoms with van der Waals surface area (Å²) >= 11 is 11.4. The number of nitro groups is 4. The molecular formula is C65H104Cl3F3N17O23+. The van der Waals surface area contributed by atoms with Crippen LogP contribution >= 0.6 is 23.2 Å². The van der Waals surface area contributed by atoms with E-state index in [0.29, 0.717) is 176 Å². The predicted octanol–water partition coefficient (Wildman–Crippen LogP) is -1.89. The summed E-state index contributed by atoms with van der Waals surface area (Å²) in [5.74, 6) is -3.87. The molecule has 0 fully saturated rings. The fourth-order valence-electron chi connectivity index (χ4n) is 9.07. The third kappa shape index (κ3) is 55.0. The molecule has 2 aromatic carbocycles. The summed E-state index contributed by atoms with van der Waals surface area (Å²) in [7, 11) is 0. The second-order valence-electron chi connectivity index (χ2n) is 23.8. The molecule has 4 atom stereocenters. The van der Waals surface area contributed by atoms with E-state index < -0.39 is 67.9 Å². The Hall–Kier alpha value is -9.18. The summed E-state index contributed by atoms with van der Waals surface area (Å²) in [5.41, 5.74) is 22.5. The fourth-order valence-corrected chi connectivity index (χ4v) is 9.51. The molecule has 0 unspecified atom stereocenters. The first-order valence-electron chi connectivity index (χ1n) is 34.8. The van der Waals surface area contributed by atoms with Crippen LogP contribution in [0.1, 0.15) is 89.9 Å². The number of nitrogens with two attached hydrogens (primary N) is 3. The van der Waals surface area contributed by atoms with Gasteiger partial charge in [-0.05, 0) is 63.5 Å². The number of quaternary nitrogens is 2. The van der Waals surface area contributed by atoms with Crippen LogP contribution in [-0.4, -0.2) is 240 Å². The topological polar surface area (TPSA) is 611 Å². The molecule has 0 heterocycles. The van der Waals surface area contributed by atoms with E-state index in [-0.39, 0.29) is 151 Å². The molecule has 2 aromatic rings. The Bertz CT molecular complexity index is 3230. The SMILES string of the molecule is C=C(N)NCCC[C@H](CC(=O)CNC(=O)[C@@H]([NH3+])CCC(=O)NCCCOCCOCCOCCCNc1ccc([N+](=O)[O-])cc1[N+](=O)[O-])C(=O)CCl.NC(N)=NCCC[C@H](CC(=O)CNC(=O)[C@@H]([NH3+])CCC(=O)NCCCOCCOCCOCCCNc1ccc([N+](=O)[O-])cc1[N+](=O)[O-])C(=O)CCl.O=CC(F)(F)F.[Cl-]. The van der Waals surface area contributed by atoms with E-state index in [0.717, 1.165) is 12.1 Å². The van der Waals surface area contributed by atoms with Crippen molar-refractivity contribution in [3.8, 4) is 0 Å². The van der Waals surface area contributed by atoms with Crippen LogP contribution in [0.15, 0.2) is 53.8 Å². The Morgan fingerprint density at radius 2 is 0.847 bits per heavy atom. The standard InChI is InChI=1S/C32H51ClN8O11.C31H50ClN9O11.C2HF3O.ClH/c1-23(34)36-10-2-5-24(30(43)21-33)19-26(42)22-39-32(45)27(35)7-9-31(44)38-12-4-14-51-16-18-52-17-15-50-13-3-11-37-28-8-6-25(40(46)47)20-29(28)41(48)49;32-20-28(43)22(4-1-9-38-31(34)35)18-24(42)21-39-30(45)25(33)6-8-29(44)37-11-3-13-51-15-17-52-16-14-50-12-2-10-36-26-7-5-23(40(46)47)19-27(26)41(48)49;3-2(4,5)1-6;/h6,8,20,24,27,36-37H,1-5,7,9-19,21-22,34-35H2,(H,38,44)(H,39,45);5,7,19,22,25,36H,1-4,6,8-18,20-21,33H2,(H,37,44)(H,39,45)(H4,34,35,38);1H;1H/p+1/t24-,27+;22-,25+;;/m11../s1. The summed E-state index contributed by atoms with van der Waals surface area (Å²) in [6.45, 7) is 9.77. The monoisotopic (exact) mass is 1650 g/mol. The van der Waals surface area contributed by atoms with E-state index in [1.807, 2.05) is 0 Å². The molecule has 4 amide bonds. The van der Waals surface area contributed by atoms with Crippen LogP contribution in [0.3, 0.4) is 0 Å². The molecular weight excluding hydrogens is 1550 g/mol. The zero-order valence-corrected chi connectivity index (χ0v) is 63.8. The number of alkyl halides is 5. The highest BCUT2D eigenvalue weighted by Crippen LogP contribution is 2.30. The number of benzene rings is 2. The second kappa shape index (κ2) is 63.5. The van der Waals surface area contributed by atoms with E-state index in [9.17, 15) is 92.0 Å². The van der Waals surface area contributed by atoms with Gasteiger partial charge in [-0.1, -0.05) is 6.58 Å². The third-order valence-corrected chi connectivity index (χ3v) is 15.4. The Morgan fingerprint density at radius 3 is 1.16 bits per heavy atom. The Labute approximate surface area is 654 Å². The van der Waals surface area contributed by atoms with Crippen molar-refractivity contribution >= 4 is 116 Å². The summed E-state index contributed by atoms with van der Waals surface area (Å²) in [6, 6.07) is 5.35. The molecule has 0 bridgehead atoms. The maximum Gasteiger partial charge on any atom is 0.446 e. The van der Waals surface area contributed by atoms with Gasteiger partial charge in [-0.3, -0.25) is 88.6 Å². The van der Waals surface area contributed by atoms with Crippen LogP contribution in [0, 0.1) is 52.3 Å². The molecule has 19 N–H and O–H groups in total. The van der Waals surface area contributed by atoms with Gasteiger partial charge in [0.25, 0.3) is 34.6 Å². The molecule has 111 heavy (non-hydrogen) atoms. The van der Waals surface area contributed by atoms with Gasteiger partial charge in [-0.2, -0.15) is 13.2 Å². The maximum atomic E-state index is 12.4. The predicted molar refractivity (Wildman–Crippen MR) is 394 cm³/mol. The summed E-state index contributed by atoms with van der Waals surface area (Å²) in [6.07, 6.45) is -1.12. The van der Waals surface area contributed by atoms with Crippen molar-refractivity contribution < 1.29 is 128 Å². The number of hydrogen-bond acceptors (Lipinski definition) is 28. The molecule has 2 rings (SSSR count). The van der Waals surface area contributed by atoms with E-state index >= 15 is 0 Å². The van der Waals surface area contributed by atoms with E-state index in [2.05, 4.69) is 60.3 Å². The molecule has 46 heteroatoms. The van der Waals surface area contributed by atoms with Crippen molar-refractivity contribution in [3.63, 3.8) is 0 Å². The minimum Gasteiger partial charge on any atom is -1.00 e. The van der Waals surface area contributed by atoms with Crippen LogP contribution in [0.4, 0.5) is 47.3 Å². The van der Waals surface area contributed by atoms with E-state index in [1.165, 1.54) is 24.3 Å². The summed E-state index contributed by atoms with van der Waals surface area (Å²) in [4.78, 5) is 152. The lowest BCUT2D eigenvalue weighted by atomic mass is 9.93. The minimum atomic E-state index is -4.64. The van der Waals surface area contributed by atoms with Gasteiger partial charge in [-0.15, -0.1) is 23.2 Å². The van der Waals surface area contributed by atoms with Gasteiger partial charge in [0.05, 0.1) is 115 Å². The number of aliphatic imine (C=N–C) groups is 1. The largest absolute Gasteiger partial charge is 1.00 e. The number of ketones is 4. The highest BCUT2D eigenvalue weighted by atomic mass is 35.5. The number of anilines is 2. The summed E-state index contributed by atoms with van der Waals surface area (Å²) in [5, 5.41) is 63.2. The molecule has 0 aliphatic carbocycles. The number of carbonyl (C=O) groups excluding carboxylic acids is 9. The van der Waals surface area contributed by atoms with Crippen LogP contribution in [0.2, 0.25) is 0 Å². The van der Waals surface area contributed by atoms with Crippen LogP contribution in [-0.2, 0) is 71.6 Å². The van der Waals surface area contributed by atoms with Crippen LogP contribution in [0.5, 0.6) is 0 Å². The van der Waals surface area contributed by atoms with Crippen LogP contribution in [0.25, 0.3) is 0 Å². The Morgan fingerprint density at radius 1 is 0.514 bits per heavy atom. The van der Waals surface area contributed by atoms with Gasteiger partial charge < -0.3 is 107 Å². The number of nitrogens with zero attached hydrogens (tertiary/aromatic N) is 5. The number of nitro benzene ring substituents is 4. The van der Waals surface area contributed by atoms with Crippen molar-refractivity contribution in [2.75, 3.05) is 154 Å². The number of non-ortho nitro benzene ring substituents is 2. The number of carbonyl (C=O) groups is 9. The normalized spacial score (nSPS) is 11.8. The van der Waals surface area contributed by atoms with Gasteiger partial charge >= 0.3 is 6.18 Å². The van der Waals surface area contributed by atoms with Crippen molar-refractivity contribution in [3.05, 3.63) is 89.3 Å². The van der Waals surface area contributed by atoms with Crippen molar-refractivity contribution in [2.45, 2.75) is 108 Å². The van der Waals surface area contributed by atoms with Gasteiger partial charge in [0.15, 0.2) is 41.2 Å². The molecule has 0 aromatic heterocycles. The number of nitrogens with one attached hydrogen (secondary N) is 7. The number of Topliss-reactive ketones (excluding diaryl/α,β-unsaturated/α-hetero) is 4. The summed E-state index contributed by atoms with van der Waals surface area (Å²) < 4.78 is 64.0. The van der Waals surface area contributed by atoms with Crippen molar-refractivity contribution in [2.24, 2.45) is 34.0 Å². The van der Waals surface area contributed by atoms with E-state index in [1.54, 1.807) is 0 Å². The number of guanidine groups is 1. The molecule has 40 nitrogen and oxygen atoms in total. The fraction of sp³-hybridized carbons (Fsp3) is 0.631. The number of aldehydes is 1. The first-order valence-corrected chi connectivity index (χ1v) is 35.9. The highest BCUT2D eigenvalue weighted by Gasteiger charge is 2.28. The van der Waals surface area contributed by atoms with Gasteiger partial charge in [-0.25, -0.2) is 0 Å². The van der Waals surface area contributed by atoms with Crippen LogP contribution < -0.4 is 78.3 Å². The molecule has 0 aliphatic rings. The zero-order chi connectivity index (χ0) is 82.7. The lowest BCUT2D eigenvalue weighted by Crippen LogP contribution is -3.00. The number of halogens is 6. The highest BCUT2D eigenvalue weighted by molar-refractivity contribution is 6.28. The first kappa shape index (κ1) is 104. The molecule has 0 saturated heterocycles. The molecule has 628 valence electrons. The average molecular weight is 1650 g/mol. The second-order valence-corrected chi connectivity index (χ2v) is 24.3. The Kier molecular flexibility index (Phi) is 59.4. The van der Waals surface area contributed by atoms with E-state index in [4.69, 9.17) is 73.6 Å². The smallest absolute Gasteiger partial charge is 0.446 e. The number of ether oxygens (including phenoxy) is 6. The first-order chi connectivity index (χ1) is 52.3.